The molecule has 0 atom stereocenters. The number of benzene rings is 2. The van der Waals surface area contributed by atoms with E-state index >= 15 is 0 Å². The lowest BCUT2D eigenvalue weighted by Crippen LogP contribution is -2.39. The number of nitrogens with one attached hydrogen (secondary N) is 1. The lowest BCUT2D eigenvalue weighted by atomic mass is 10.2. The molecule has 130 valence electrons. The molecular formula is C19H20N2O4. The summed E-state index contributed by atoms with van der Waals surface area (Å²) >= 11 is 0. The molecule has 0 aliphatic heterocycles. The van der Waals surface area contributed by atoms with E-state index in [1.807, 2.05) is 37.3 Å². The van der Waals surface area contributed by atoms with Crippen molar-refractivity contribution in [3.63, 3.8) is 0 Å². The van der Waals surface area contributed by atoms with Crippen LogP contribution in [0.25, 0.3) is 0 Å². The van der Waals surface area contributed by atoms with E-state index in [0.29, 0.717) is 24.3 Å². The minimum Gasteiger partial charge on any atom is -0.465 e. The normalized spacial score (nSPS) is 10.0. The van der Waals surface area contributed by atoms with E-state index in [1.54, 1.807) is 18.2 Å². The molecule has 0 aliphatic carbocycles. The molecule has 25 heavy (non-hydrogen) atoms. The van der Waals surface area contributed by atoms with Gasteiger partial charge in [0, 0.05) is 18.8 Å². The standard InChI is InChI=1S/C19H20N2O4/c1-3-21(13-14-8-5-4-6-9-14)18(23)17(22)20-16-11-7-10-15(12-16)19(24)25-2/h4-12H,3,13H2,1-2H3,(H,20,22). The lowest BCUT2D eigenvalue weighted by molar-refractivity contribution is -0.143. The average Bonchev–Trinajstić information content (AvgIpc) is 2.65. The first-order chi connectivity index (χ1) is 12.0. The molecular weight excluding hydrogens is 320 g/mol. The van der Waals surface area contributed by atoms with Gasteiger partial charge in [0.15, 0.2) is 0 Å². The molecule has 0 saturated carbocycles. The summed E-state index contributed by atoms with van der Waals surface area (Å²) in [6, 6.07) is 15.7. The van der Waals surface area contributed by atoms with Crippen LogP contribution in [0, 0.1) is 0 Å². The molecule has 1 N–H and O–H groups in total. The Labute approximate surface area is 146 Å². The van der Waals surface area contributed by atoms with E-state index in [1.165, 1.54) is 18.1 Å². The number of likely N-dealkylation sites (N-methyl/N-ethyl adjacent to an activating group) is 1. The smallest absolute Gasteiger partial charge is 0.337 e. The number of esters is 1. The summed E-state index contributed by atoms with van der Waals surface area (Å²) in [5.74, 6) is -1.89. The van der Waals surface area contributed by atoms with Gasteiger partial charge in [-0.2, -0.15) is 0 Å². The number of carbonyl (C=O) groups is 3. The summed E-state index contributed by atoms with van der Waals surface area (Å²) < 4.78 is 4.64. The molecule has 2 amide bonds. The fraction of sp³-hybridized carbons (Fsp3) is 0.211. The third kappa shape index (κ3) is 4.91. The first-order valence-electron chi connectivity index (χ1n) is 7.87. The molecule has 6 nitrogen and oxygen atoms in total. The maximum atomic E-state index is 12.4. The molecule has 0 aliphatic rings. The van der Waals surface area contributed by atoms with Crippen molar-refractivity contribution in [3.05, 3.63) is 65.7 Å². The van der Waals surface area contributed by atoms with Gasteiger partial charge in [0.1, 0.15) is 0 Å². The summed E-state index contributed by atoms with van der Waals surface area (Å²) in [6.45, 7) is 2.57. The molecule has 0 spiro atoms. The second-order valence-electron chi connectivity index (χ2n) is 5.33. The maximum absolute atomic E-state index is 12.4. The molecule has 0 aromatic heterocycles. The largest absolute Gasteiger partial charge is 0.465 e. The molecule has 0 heterocycles. The van der Waals surface area contributed by atoms with Crippen molar-refractivity contribution >= 4 is 23.5 Å². The van der Waals surface area contributed by atoms with Crippen molar-refractivity contribution in [3.8, 4) is 0 Å². The fourth-order valence-electron chi connectivity index (χ4n) is 2.30. The van der Waals surface area contributed by atoms with Crippen molar-refractivity contribution in [2.24, 2.45) is 0 Å². The van der Waals surface area contributed by atoms with Crippen LogP contribution in [0.1, 0.15) is 22.8 Å². The molecule has 0 unspecified atom stereocenters. The van der Waals surface area contributed by atoms with Crippen molar-refractivity contribution in [2.45, 2.75) is 13.5 Å². The quantitative estimate of drug-likeness (QED) is 0.670. The Bertz CT molecular complexity index is 759. The third-order valence-corrected chi connectivity index (χ3v) is 3.62. The van der Waals surface area contributed by atoms with Gasteiger partial charge in [-0.3, -0.25) is 9.59 Å². The third-order valence-electron chi connectivity index (χ3n) is 3.62. The van der Waals surface area contributed by atoms with Gasteiger partial charge in [-0.1, -0.05) is 36.4 Å². The van der Waals surface area contributed by atoms with Crippen molar-refractivity contribution < 1.29 is 19.1 Å². The second kappa shape index (κ2) is 8.63. The zero-order valence-corrected chi connectivity index (χ0v) is 14.2. The summed E-state index contributed by atoms with van der Waals surface area (Å²) in [5, 5.41) is 2.52. The topological polar surface area (TPSA) is 75.7 Å². The Balaban J connectivity index is 2.06. The van der Waals surface area contributed by atoms with Gasteiger partial charge in [-0.05, 0) is 30.7 Å². The van der Waals surface area contributed by atoms with E-state index < -0.39 is 17.8 Å². The Morgan fingerprint density at radius 1 is 1.04 bits per heavy atom. The molecule has 0 radical (unpaired) electrons. The lowest BCUT2D eigenvalue weighted by Gasteiger charge is -2.20. The van der Waals surface area contributed by atoms with Gasteiger partial charge in [-0.15, -0.1) is 0 Å². The van der Waals surface area contributed by atoms with Crippen LogP contribution in [0.4, 0.5) is 5.69 Å². The van der Waals surface area contributed by atoms with Crippen molar-refractivity contribution in [1.29, 1.82) is 0 Å². The van der Waals surface area contributed by atoms with E-state index in [0.717, 1.165) is 5.56 Å². The highest BCUT2D eigenvalue weighted by atomic mass is 16.5. The van der Waals surface area contributed by atoms with Crippen LogP contribution in [0.2, 0.25) is 0 Å². The number of ether oxygens (including phenoxy) is 1. The van der Waals surface area contributed by atoms with E-state index in [2.05, 4.69) is 10.1 Å². The van der Waals surface area contributed by atoms with Crippen LogP contribution < -0.4 is 5.32 Å². The van der Waals surface area contributed by atoms with E-state index in [9.17, 15) is 14.4 Å². The summed E-state index contributed by atoms with van der Waals surface area (Å²) in [5.41, 5.74) is 1.60. The van der Waals surface area contributed by atoms with Crippen LogP contribution in [-0.4, -0.2) is 36.3 Å². The van der Waals surface area contributed by atoms with Crippen LogP contribution in [0.15, 0.2) is 54.6 Å². The molecule has 2 aromatic carbocycles. The van der Waals surface area contributed by atoms with Gasteiger partial charge in [-0.25, -0.2) is 4.79 Å². The number of hydrogen-bond donors (Lipinski definition) is 1. The summed E-state index contributed by atoms with van der Waals surface area (Å²) in [4.78, 5) is 37.6. The highest BCUT2D eigenvalue weighted by Crippen LogP contribution is 2.12. The SMILES string of the molecule is CCN(Cc1ccccc1)C(=O)C(=O)Nc1cccc(C(=O)OC)c1. The van der Waals surface area contributed by atoms with E-state index in [4.69, 9.17) is 0 Å². The highest BCUT2D eigenvalue weighted by molar-refractivity contribution is 6.39. The monoisotopic (exact) mass is 340 g/mol. The number of methoxy groups -OCH3 is 1. The number of carbonyl (C=O) groups excluding carboxylic acids is 3. The molecule has 0 saturated heterocycles. The summed E-state index contributed by atoms with van der Waals surface area (Å²) in [6.07, 6.45) is 0. The van der Waals surface area contributed by atoms with Crippen molar-refractivity contribution in [2.75, 3.05) is 19.0 Å². The second-order valence-corrected chi connectivity index (χ2v) is 5.33. The maximum Gasteiger partial charge on any atom is 0.337 e. The van der Waals surface area contributed by atoms with Crippen LogP contribution >= 0.6 is 0 Å². The minimum absolute atomic E-state index is 0.296. The van der Waals surface area contributed by atoms with Crippen LogP contribution in [0.5, 0.6) is 0 Å². The Morgan fingerprint density at radius 3 is 2.40 bits per heavy atom. The molecule has 2 aromatic rings. The van der Waals surface area contributed by atoms with Crippen LogP contribution in [0.3, 0.4) is 0 Å². The molecule has 6 heteroatoms. The number of rotatable bonds is 5. The predicted octanol–water partition coefficient (Wildman–Crippen LogP) is 2.46. The van der Waals surface area contributed by atoms with E-state index in [-0.39, 0.29) is 0 Å². The first kappa shape index (κ1) is 18.2. The molecule has 0 fully saturated rings. The van der Waals surface area contributed by atoms with Crippen molar-refractivity contribution in [1.82, 2.24) is 4.90 Å². The average molecular weight is 340 g/mol. The summed E-state index contributed by atoms with van der Waals surface area (Å²) in [7, 11) is 1.28. The van der Waals surface area contributed by atoms with Gasteiger partial charge in [0.05, 0.1) is 12.7 Å². The number of hydrogen-bond acceptors (Lipinski definition) is 4. The minimum atomic E-state index is -0.750. The molecule has 2 rings (SSSR count). The van der Waals surface area contributed by atoms with Gasteiger partial charge < -0.3 is 15.0 Å². The molecule has 0 bridgehead atoms. The number of amides is 2. The predicted molar refractivity (Wildman–Crippen MR) is 93.9 cm³/mol. The van der Waals surface area contributed by atoms with Gasteiger partial charge in [0.25, 0.3) is 0 Å². The first-order valence-corrected chi connectivity index (χ1v) is 7.87. The Morgan fingerprint density at radius 2 is 1.76 bits per heavy atom. The zero-order valence-electron chi connectivity index (χ0n) is 14.2. The van der Waals surface area contributed by atoms with Gasteiger partial charge in [0.2, 0.25) is 0 Å². The van der Waals surface area contributed by atoms with Crippen LogP contribution in [-0.2, 0) is 20.9 Å². The van der Waals surface area contributed by atoms with Gasteiger partial charge >= 0.3 is 17.8 Å². The highest BCUT2D eigenvalue weighted by Gasteiger charge is 2.21. The number of nitrogens with zero attached hydrogens (tertiary/aromatic N) is 1. The fourth-order valence-corrected chi connectivity index (χ4v) is 2.30. The Kier molecular flexibility index (Phi) is 6.28. The Hall–Kier alpha value is -3.15. The zero-order chi connectivity index (χ0) is 18.2. The number of anilines is 1.